The molecule has 18 heavy (non-hydrogen) atoms. The van der Waals surface area contributed by atoms with E-state index >= 15 is 0 Å². The second kappa shape index (κ2) is 6.55. The first-order valence-electron chi connectivity index (χ1n) is 6.77. The summed E-state index contributed by atoms with van der Waals surface area (Å²) in [6, 6.07) is 10.3. The summed E-state index contributed by atoms with van der Waals surface area (Å²) in [7, 11) is 1.92. The Kier molecular flexibility index (Phi) is 4.76. The van der Waals surface area contributed by atoms with Crippen molar-refractivity contribution in [2.75, 3.05) is 26.7 Å². The van der Waals surface area contributed by atoms with E-state index in [2.05, 4.69) is 17.4 Å². The Labute approximate surface area is 109 Å². The minimum atomic E-state index is 0.180. The molecule has 1 heterocycles. The largest absolute Gasteiger partial charge is 0.345 e. The zero-order chi connectivity index (χ0) is 12.8. The molecule has 0 unspecified atom stereocenters. The topological polar surface area (TPSA) is 32.3 Å². The summed E-state index contributed by atoms with van der Waals surface area (Å²) in [5.41, 5.74) is 1.29. The van der Waals surface area contributed by atoms with Crippen molar-refractivity contribution in [1.82, 2.24) is 10.2 Å². The molecule has 0 saturated carbocycles. The van der Waals surface area contributed by atoms with Crippen molar-refractivity contribution in [3.8, 4) is 0 Å². The molecule has 1 aliphatic heterocycles. The van der Waals surface area contributed by atoms with Gasteiger partial charge >= 0.3 is 0 Å². The predicted molar refractivity (Wildman–Crippen MR) is 73.4 cm³/mol. The van der Waals surface area contributed by atoms with Crippen LogP contribution in [0.4, 0.5) is 0 Å². The van der Waals surface area contributed by atoms with Crippen LogP contribution in [0.25, 0.3) is 0 Å². The standard InChI is InChI=1S/C15H22N2O/c1-17(11-9-13-6-3-2-4-7-13)15(18)14-8-5-10-16-12-14/h2-4,6-7,14,16H,5,8-12H2,1H3/t14-/m1/s1. The molecule has 1 amide bonds. The highest BCUT2D eigenvalue weighted by Gasteiger charge is 2.23. The van der Waals surface area contributed by atoms with Gasteiger partial charge in [-0.2, -0.15) is 0 Å². The number of rotatable bonds is 4. The van der Waals surface area contributed by atoms with E-state index in [4.69, 9.17) is 0 Å². The Morgan fingerprint density at radius 2 is 2.17 bits per heavy atom. The maximum Gasteiger partial charge on any atom is 0.226 e. The van der Waals surface area contributed by atoms with Crippen LogP contribution in [0, 0.1) is 5.92 Å². The summed E-state index contributed by atoms with van der Waals surface area (Å²) in [5.74, 6) is 0.470. The molecule has 98 valence electrons. The van der Waals surface area contributed by atoms with Gasteiger partial charge in [-0.1, -0.05) is 30.3 Å². The van der Waals surface area contributed by atoms with Crippen molar-refractivity contribution >= 4 is 5.91 Å². The van der Waals surface area contributed by atoms with Gasteiger partial charge in [0.2, 0.25) is 5.91 Å². The number of benzene rings is 1. The van der Waals surface area contributed by atoms with Crippen molar-refractivity contribution in [3.05, 3.63) is 35.9 Å². The molecular weight excluding hydrogens is 224 g/mol. The van der Waals surface area contributed by atoms with E-state index in [0.29, 0.717) is 0 Å². The molecule has 0 aliphatic carbocycles. The summed E-state index contributed by atoms with van der Waals surface area (Å²) in [4.78, 5) is 14.1. The monoisotopic (exact) mass is 246 g/mol. The number of amides is 1. The van der Waals surface area contributed by atoms with Crippen molar-refractivity contribution in [2.45, 2.75) is 19.3 Å². The molecule has 1 saturated heterocycles. The predicted octanol–water partition coefficient (Wildman–Crippen LogP) is 1.69. The SMILES string of the molecule is CN(CCc1ccccc1)C(=O)[C@@H]1CCCNC1. The van der Waals surface area contributed by atoms with Crippen LogP contribution in [0.2, 0.25) is 0 Å². The van der Waals surface area contributed by atoms with E-state index in [1.54, 1.807) is 0 Å². The molecule has 0 aromatic heterocycles. The zero-order valence-corrected chi connectivity index (χ0v) is 11.1. The Bertz CT molecular complexity index is 371. The Hall–Kier alpha value is -1.35. The molecule has 1 aromatic carbocycles. The molecule has 3 heteroatoms. The zero-order valence-electron chi connectivity index (χ0n) is 11.1. The highest BCUT2D eigenvalue weighted by atomic mass is 16.2. The number of carbonyl (C=O) groups excluding carboxylic acids is 1. The molecule has 1 aromatic rings. The first kappa shape index (κ1) is 13.1. The number of nitrogens with zero attached hydrogens (tertiary/aromatic N) is 1. The smallest absolute Gasteiger partial charge is 0.226 e. The fourth-order valence-corrected chi connectivity index (χ4v) is 2.43. The van der Waals surface area contributed by atoms with E-state index in [0.717, 1.165) is 38.9 Å². The van der Waals surface area contributed by atoms with E-state index in [9.17, 15) is 4.79 Å². The number of likely N-dealkylation sites (N-methyl/N-ethyl adjacent to an activating group) is 1. The number of nitrogens with one attached hydrogen (secondary N) is 1. The van der Waals surface area contributed by atoms with Gasteiger partial charge < -0.3 is 10.2 Å². The lowest BCUT2D eigenvalue weighted by molar-refractivity contribution is -0.134. The lowest BCUT2D eigenvalue weighted by Crippen LogP contribution is -2.42. The van der Waals surface area contributed by atoms with Crippen LogP contribution in [0.15, 0.2) is 30.3 Å². The third kappa shape index (κ3) is 3.57. The second-order valence-electron chi connectivity index (χ2n) is 5.04. The number of hydrogen-bond acceptors (Lipinski definition) is 2. The van der Waals surface area contributed by atoms with Gasteiger partial charge in [0.15, 0.2) is 0 Å². The van der Waals surface area contributed by atoms with Crippen molar-refractivity contribution in [2.24, 2.45) is 5.92 Å². The maximum atomic E-state index is 12.2. The normalized spacial score (nSPS) is 19.5. The van der Waals surface area contributed by atoms with Gasteiger partial charge in [0.25, 0.3) is 0 Å². The Morgan fingerprint density at radius 3 is 2.83 bits per heavy atom. The van der Waals surface area contributed by atoms with Crippen LogP contribution in [-0.4, -0.2) is 37.5 Å². The van der Waals surface area contributed by atoms with E-state index in [1.807, 2.05) is 30.1 Å². The van der Waals surface area contributed by atoms with E-state index in [-0.39, 0.29) is 11.8 Å². The van der Waals surface area contributed by atoms with Gasteiger partial charge in [-0.05, 0) is 31.4 Å². The van der Waals surface area contributed by atoms with Crippen LogP contribution in [0.1, 0.15) is 18.4 Å². The molecular formula is C15H22N2O. The van der Waals surface area contributed by atoms with Gasteiger partial charge in [0, 0.05) is 20.1 Å². The minimum Gasteiger partial charge on any atom is -0.345 e. The first-order chi connectivity index (χ1) is 8.77. The Morgan fingerprint density at radius 1 is 1.39 bits per heavy atom. The molecule has 1 atom stereocenters. The summed E-state index contributed by atoms with van der Waals surface area (Å²) >= 11 is 0. The number of hydrogen-bond donors (Lipinski definition) is 1. The van der Waals surface area contributed by atoms with Crippen LogP contribution >= 0.6 is 0 Å². The molecule has 3 nitrogen and oxygen atoms in total. The van der Waals surface area contributed by atoms with Gasteiger partial charge in [0.1, 0.15) is 0 Å². The van der Waals surface area contributed by atoms with Crippen molar-refractivity contribution < 1.29 is 4.79 Å². The van der Waals surface area contributed by atoms with Crippen molar-refractivity contribution in [3.63, 3.8) is 0 Å². The quantitative estimate of drug-likeness (QED) is 0.877. The second-order valence-corrected chi connectivity index (χ2v) is 5.04. The number of carbonyl (C=O) groups is 1. The molecule has 0 bridgehead atoms. The summed E-state index contributed by atoms with van der Waals surface area (Å²) in [6.45, 7) is 2.70. The lowest BCUT2D eigenvalue weighted by Gasteiger charge is -2.27. The molecule has 2 rings (SSSR count). The highest BCUT2D eigenvalue weighted by Crippen LogP contribution is 2.13. The molecule has 1 fully saturated rings. The van der Waals surface area contributed by atoms with E-state index in [1.165, 1.54) is 5.56 Å². The van der Waals surface area contributed by atoms with Crippen LogP contribution in [0.3, 0.4) is 0 Å². The minimum absolute atomic E-state index is 0.180. The molecule has 0 spiro atoms. The lowest BCUT2D eigenvalue weighted by atomic mass is 9.98. The summed E-state index contributed by atoms with van der Waals surface area (Å²) in [6.07, 6.45) is 3.08. The molecule has 1 N–H and O–H groups in total. The van der Waals surface area contributed by atoms with Crippen LogP contribution < -0.4 is 5.32 Å². The van der Waals surface area contributed by atoms with Gasteiger partial charge in [0.05, 0.1) is 5.92 Å². The van der Waals surface area contributed by atoms with Gasteiger partial charge in [-0.3, -0.25) is 4.79 Å². The van der Waals surface area contributed by atoms with Gasteiger partial charge in [-0.15, -0.1) is 0 Å². The third-order valence-corrected chi connectivity index (χ3v) is 3.60. The Balaban J connectivity index is 1.80. The molecule has 0 radical (unpaired) electrons. The van der Waals surface area contributed by atoms with Crippen LogP contribution in [0.5, 0.6) is 0 Å². The maximum absolute atomic E-state index is 12.2. The summed E-state index contributed by atoms with van der Waals surface area (Å²) in [5, 5.41) is 3.30. The summed E-state index contributed by atoms with van der Waals surface area (Å²) < 4.78 is 0. The van der Waals surface area contributed by atoms with Crippen LogP contribution in [-0.2, 0) is 11.2 Å². The average molecular weight is 246 g/mol. The fourth-order valence-electron chi connectivity index (χ4n) is 2.43. The van der Waals surface area contributed by atoms with E-state index < -0.39 is 0 Å². The molecule has 1 aliphatic rings. The van der Waals surface area contributed by atoms with Crippen molar-refractivity contribution in [1.29, 1.82) is 0 Å². The first-order valence-corrected chi connectivity index (χ1v) is 6.77. The highest BCUT2D eigenvalue weighted by molar-refractivity contribution is 5.78. The fraction of sp³-hybridized carbons (Fsp3) is 0.533. The third-order valence-electron chi connectivity index (χ3n) is 3.60. The van der Waals surface area contributed by atoms with Gasteiger partial charge in [-0.25, -0.2) is 0 Å². The average Bonchev–Trinajstić information content (AvgIpc) is 2.46. The number of piperidine rings is 1.